The van der Waals surface area contributed by atoms with Crippen LogP contribution in [0.15, 0.2) is 30.5 Å². The normalized spacial score (nSPS) is 17.7. The van der Waals surface area contributed by atoms with Crippen LogP contribution in [0.4, 0.5) is 30.6 Å². The number of ether oxygens (including phenoxy) is 1. The number of anilines is 2. The highest BCUT2D eigenvalue weighted by molar-refractivity contribution is 5.66. The first-order chi connectivity index (χ1) is 17.6. The largest absolute Gasteiger partial charge is 0.573 e. The number of carbonyl (C=O) groups is 1. The maximum Gasteiger partial charge on any atom is 0.573 e. The number of halogens is 3. The molecule has 11 nitrogen and oxygen atoms in total. The van der Waals surface area contributed by atoms with Crippen LogP contribution in [-0.4, -0.2) is 51.5 Å². The molecule has 0 spiro atoms. The van der Waals surface area contributed by atoms with Crippen LogP contribution in [0.25, 0.3) is 0 Å². The number of nitrogens with zero attached hydrogens (tertiary/aromatic N) is 3. The minimum atomic E-state index is -4.84. The molecule has 0 atom stereocenters. The van der Waals surface area contributed by atoms with E-state index in [1.165, 1.54) is 18.2 Å². The van der Waals surface area contributed by atoms with Crippen molar-refractivity contribution in [3.63, 3.8) is 0 Å². The second-order valence-corrected chi connectivity index (χ2v) is 8.74. The molecule has 0 bridgehead atoms. The molecular formula is C23H29F3N6O5. The highest BCUT2D eigenvalue weighted by Gasteiger charge is 2.32. The van der Waals surface area contributed by atoms with Crippen LogP contribution < -0.4 is 20.7 Å². The van der Waals surface area contributed by atoms with Crippen LogP contribution in [0.5, 0.6) is 5.75 Å². The number of hydrogen-bond donors (Lipinski definition) is 4. The van der Waals surface area contributed by atoms with Gasteiger partial charge in [0.1, 0.15) is 11.9 Å². The highest BCUT2D eigenvalue weighted by atomic mass is 19.4. The Bertz CT molecular complexity index is 1060. The number of alkyl halides is 3. The summed E-state index contributed by atoms with van der Waals surface area (Å²) >= 11 is 0. The first-order valence-electron chi connectivity index (χ1n) is 11.9. The van der Waals surface area contributed by atoms with E-state index in [2.05, 4.69) is 30.7 Å². The van der Waals surface area contributed by atoms with Crippen molar-refractivity contribution >= 4 is 23.4 Å². The Morgan fingerprint density at radius 3 is 2.59 bits per heavy atom. The van der Waals surface area contributed by atoms with Gasteiger partial charge in [-0.1, -0.05) is 18.2 Å². The summed E-state index contributed by atoms with van der Waals surface area (Å²) in [6, 6.07) is 5.94. The van der Waals surface area contributed by atoms with Crippen molar-refractivity contribution in [2.24, 2.45) is 5.92 Å². The van der Waals surface area contributed by atoms with Gasteiger partial charge in [-0.15, -0.1) is 13.2 Å². The van der Waals surface area contributed by atoms with Gasteiger partial charge in [-0.05, 0) is 50.6 Å². The molecule has 37 heavy (non-hydrogen) atoms. The number of aliphatic carboxylic acids is 1. The summed E-state index contributed by atoms with van der Waals surface area (Å²) < 4.78 is 42.0. The summed E-state index contributed by atoms with van der Waals surface area (Å²) in [6.45, 7) is 1.02. The van der Waals surface area contributed by atoms with Crippen molar-refractivity contribution in [1.29, 1.82) is 0 Å². The average Bonchev–Trinajstić information content (AvgIpc) is 2.84. The number of hydrogen-bond acceptors (Lipinski definition) is 9. The van der Waals surface area contributed by atoms with E-state index in [4.69, 9.17) is 5.11 Å². The number of aromatic nitrogens is 2. The Labute approximate surface area is 211 Å². The van der Waals surface area contributed by atoms with Crippen LogP contribution in [0.1, 0.15) is 44.1 Å². The minimum Gasteiger partial charge on any atom is -0.481 e. The van der Waals surface area contributed by atoms with E-state index in [9.17, 15) is 28.1 Å². The van der Waals surface area contributed by atoms with Crippen molar-refractivity contribution in [3.8, 4) is 5.75 Å². The SMILES string of the molecule is O=C(O)CCCNC1CCC(CNc2nc(NCc3ccccc3OC(F)(F)F)ncc2[N+](=O)[O-])CC1. The zero-order valence-electron chi connectivity index (χ0n) is 20.0. The Hall–Kier alpha value is -3.68. The molecule has 1 aliphatic carbocycles. The second kappa shape index (κ2) is 13.0. The van der Waals surface area contributed by atoms with E-state index in [1.807, 2.05) is 0 Å². The lowest BCUT2D eigenvalue weighted by atomic mass is 9.86. The molecule has 1 fully saturated rings. The standard InChI is InChI=1S/C23H29F3N6O5/c24-23(25,26)37-19-5-2-1-4-16(19)13-29-22-30-14-18(32(35)36)21(31-22)28-12-15-7-9-17(10-8-15)27-11-3-6-20(33)34/h1-2,4-5,14-15,17,27H,3,6-13H2,(H,33,34)(H2,28,29,30,31). The first kappa shape index (κ1) is 27.9. The first-order valence-corrected chi connectivity index (χ1v) is 11.9. The number of rotatable bonds is 13. The number of carboxylic acid groups (broad SMARTS) is 1. The third kappa shape index (κ3) is 9.37. The van der Waals surface area contributed by atoms with Gasteiger partial charge in [-0.3, -0.25) is 14.9 Å². The summed E-state index contributed by atoms with van der Waals surface area (Å²) in [5, 5.41) is 29.4. The van der Waals surface area contributed by atoms with E-state index >= 15 is 0 Å². The average molecular weight is 527 g/mol. The number of benzene rings is 1. The van der Waals surface area contributed by atoms with E-state index < -0.39 is 17.3 Å². The quantitative estimate of drug-likeness (QED) is 0.169. The lowest BCUT2D eigenvalue weighted by Gasteiger charge is -2.29. The molecule has 0 radical (unpaired) electrons. The Balaban J connectivity index is 1.54. The maximum absolute atomic E-state index is 12.7. The molecule has 0 aliphatic heterocycles. The van der Waals surface area contributed by atoms with Crippen molar-refractivity contribution in [1.82, 2.24) is 15.3 Å². The second-order valence-electron chi connectivity index (χ2n) is 8.74. The molecule has 2 aromatic rings. The van der Waals surface area contributed by atoms with Gasteiger partial charge in [0.05, 0.1) is 4.92 Å². The van der Waals surface area contributed by atoms with Gasteiger partial charge < -0.3 is 25.8 Å². The zero-order chi connectivity index (χ0) is 26.8. The number of nitro groups is 1. The van der Waals surface area contributed by atoms with Gasteiger partial charge in [0.25, 0.3) is 0 Å². The summed E-state index contributed by atoms with van der Waals surface area (Å²) in [7, 11) is 0. The third-order valence-corrected chi connectivity index (χ3v) is 6.01. The van der Waals surface area contributed by atoms with Crippen molar-refractivity contribution < 1.29 is 32.7 Å². The molecule has 14 heteroatoms. The Morgan fingerprint density at radius 2 is 1.92 bits per heavy atom. The lowest BCUT2D eigenvalue weighted by Crippen LogP contribution is -2.35. The van der Waals surface area contributed by atoms with Gasteiger partial charge in [-0.2, -0.15) is 4.98 Å². The molecule has 202 valence electrons. The monoisotopic (exact) mass is 526 g/mol. The van der Waals surface area contributed by atoms with Crippen molar-refractivity contribution in [3.05, 3.63) is 46.1 Å². The summed E-state index contributed by atoms with van der Waals surface area (Å²) in [5.41, 5.74) is -0.0928. The number of para-hydroxylation sites is 1. The van der Waals surface area contributed by atoms with Crippen LogP contribution in [0, 0.1) is 16.0 Å². The lowest BCUT2D eigenvalue weighted by molar-refractivity contribution is -0.384. The fourth-order valence-corrected chi connectivity index (χ4v) is 4.13. The topological polar surface area (TPSA) is 152 Å². The molecule has 1 saturated carbocycles. The van der Waals surface area contributed by atoms with Gasteiger partial charge in [0, 0.05) is 31.1 Å². The molecule has 1 aromatic heterocycles. The zero-order valence-corrected chi connectivity index (χ0v) is 20.0. The third-order valence-electron chi connectivity index (χ3n) is 6.01. The van der Waals surface area contributed by atoms with E-state index in [0.717, 1.165) is 31.9 Å². The molecule has 0 amide bonds. The van der Waals surface area contributed by atoms with E-state index in [0.29, 0.717) is 25.6 Å². The molecule has 0 saturated heterocycles. The fraction of sp³-hybridized carbons (Fsp3) is 0.522. The van der Waals surface area contributed by atoms with E-state index in [-0.39, 0.29) is 47.7 Å². The number of nitrogens with one attached hydrogen (secondary N) is 3. The molecule has 3 rings (SSSR count). The van der Waals surface area contributed by atoms with Crippen LogP contribution in [0.2, 0.25) is 0 Å². The van der Waals surface area contributed by atoms with Gasteiger partial charge in [0.2, 0.25) is 11.8 Å². The van der Waals surface area contributed by atoms with E-state index in [1.54, 1.807) is 6.07 Å². The Kier molecular flexibility index (Phi) is 9.83. The van der Waals surface area contributed by atoms with Crippen LogP contribution in [-0.2, 0) is 11.3 Å². The molecule has 0 unspecified atom stereocenters. The summed E-state index contributed by atoms with van der Waals surface area (Å²) in [5.74, 6) is -0.862. The van der Waals surface area contributed by atoms with Crippen LogP contribution in [0.3, 0.4) is 0 Å². The van der Waals surface area contributed by atoms with Crippen molar-refractivity contribution in [2.75, 3.05) is 23.7 Å². The smallest absolute Gasteiger partial charge is 0.481 e. The summed E-state index contributed by atoms with van der Waals surface area (Å²) in [6.07, 6.45) is 0.530. The predicted octanol–water partition coefficient (Wildman–Crippen LogP) is 4.32. The predicted molar refractivity (Wildman–Crippen MR) is 128 cm³/mol. The van der Waals surface area contributed by atoms with Gasteiger partial charge in [-0.25, -0.2) is 4.98 Å². The number of carboxylic acids is 1. The molecule has 1 heterocycles. The Morgan fingerprint density at radius 1 is 1.19 bits per heavy atom. The van der Waals surface area contributed by atoms with Crippen LogP contribution >= 0.6 is 0 Å². The van der Waals surface area contributed by atoms with Crippen molar-refractivity contribution in [2.45, 2.75) is 57.5 Å². The summed E-state index contributed by atoms with van der Waals surface area (Å²) in [4.78, 5) is 29.5. The maximum atomic E-state index is 12.7. The molecular weight excluding hydrogens is 497 g/mol. The molecule has 4 N–H and O–H groups in total. The van der Waals surface area contributed by atoms with Gasteiger partial charge >= 0.3 is 18.0 Å². The molecule has 1 aromatic carbocycles. The highest BCUT2D eigenvalue weighted by Crippen LogP contribution is 2.29. The fourth-order valence-electron chi connectivity index (χ4n) is 4.13. The minimum absolute atomic E-state index is 0.0178. The molecule has 1 aliphatic rings. The van der Waals surface area contributed by atoms with Gasteiger partial charge in [0.15, 0.2) is 0 Å².